The number of aromatic carboxylic acids is 1. The molecular weight excluding hydrogens is 296 g/mol. The average molecular weight is 303 g/mol. The predicted octanol–water partition coefficient (Wildman–Crippen LogP) is 4.41. The molecule has 0 saturated carbocycles. The van der Waals surface area contributed by atoms with Gasteiger partial charge < -0.3 is 5.11 Å². The maximum atomic E-state index is 10.9. The van der Waals surface area contributed by atoms with E-state index in [1.54, 1.807) is 0 Å². The number of aromatic nitrogens is 1. The fraction of sp³-hybridized carbons (Fsp3) is 0. The van der Waals surface area contributed by atoms with Crippen LogP contribution in [0.3, 0.4) is 0 Å². The molecule has 3 nitrogen and oxygen atoms in total. The number of hydrogen-bond acceptors (Lipinski definition) is 2. The molecule has 2 aromatic rings. The van der Waals surface area contributed by atoms with E-state index < -0.39 is 5.97 Å². The molecule has 1 aromatic heterocycles. The van der Waals surface area contributed by atoms with Gasteiger partial charge in [0.25, 0.3) is 0 Å². The van der Waals surface area contributed by atoms with Crippen LogP contribution in [0.5, 0.6) is 0 Å². The Morgan fingerprint density at radius 3 is 2.44 bits per heavy atom. The molecule has 1 heterocycles. The summed E-state index contributed by atoms with van der Waals surface area (Å²) in [5.41, 5.74) is 0.967. The molecule has 92 valence electrons. The Hall–Kier alpha value is -1.29. The van der Waals surface area contributed by atoms with Gasteiger partial charge in [-0.05, 0) is 24.3 Å². The van der Waals surface area contributed by atoms with Gasteiger partial charge in [0.2, 0.25) is 0 Å². The topological polar surface area (TPSA) is 50.2 Å². The summed E-state index contributed by atoms with van der Waals surface area (Å²) in [6.45, 7) is 0. The van der Waals surface area contributed by atoms with Gasteiger partial charge in [0.15, 0.2) is 0 Å². The molecule has 0 amide bonds. The van der Waals surface area contributed by atoms with Crippen LogP contribution in [0.15, 0.2) is 30.5 Å². The number of pyridine rings is 1. The first-order valence-electron chi connectivity index (χ1n) is 4.83. The van der Waals surface area contributed by atoms with Crippen molar-refractivity contribution in [3.8, 4) is 11.3 Å². The molecule has 0 aliphatic carbocycles. The Morgan fingerprint density at radius 1 is 1.11 bits per heavy atom. The fourth-order valence-corrected chi connectivity index (χ4v) is 2.14. The Morgan fingerprint density at radius 2 is 1.83 bits per heavy atom. The van der Waals surface area contributed by atoms with Crippen molar-refractivity contribution >= 4 is 40.8 Å². The third kappa shape index (κ3) is 2.58. The number of hydrogen-bond donors (Lipinski definition) is 1. The number of rotatable bonds is 2. The van der Waals surface area contributed by atoms with Crippen molar-refractivity contribution < 1.29 is 9.90 Å². The van der Waals surface area contributed by atoms with Crippen molar-refractivity contribution in [2.45, 2.75) is 0 Å². The second kappa shape index (κ2) is 5.14. The summed E-state index contributed by atoms with van der Waals surface area (Å²) >= 11 is 17.8. The van der Waals surface area contributed by atoms with E-state index in [-0.39, 0.29) is 5.56 Å². The fourth-order valence-electron chi connectivity index (χ4n) is 1.45. The van der Waals surface area contributed by atoms with Gasteiger partial charge in [-0.25, -0.2) is 4.79 Å². The Balaban J connectivity index is 2.62. The van der Waals surface area contributed by atoms with Crippen LogP contribution in [-0.4, -0.2) is 16.1 Å². The quantitative estimate of drug-likeness (QED) is 0.894. The highest BCUT2D eigenvalue weighted by molar-refractivity contribution is 6.37. The van der Waals surface area contributed by atoms with Crippen LogP contribution in [0.1, 0.15) is 10.4 Å². The van der Waals surface area contributed by atoms with Gasteiger partial charge in [-0.15, -0.1) is 0 Å². The van der Waals surface area contributed by atoms with Crippen LogP contribution in [0.25, 0.3) is 11.3 Å². The Kier molecular flexibility index (Phi) is 3.76. The monoisotopic (exact) mass is 301 g/mol. The van der Waals surface area contributed by atoms with Crippen molar-refractivity contribution in [1.29, 1.82) is 0 Å². The molecule has 1 N–H and O–H groups in total. The number of nitrogens with zero attached hydrogens (tertiary/aromatic N) is 1. The summed E-state index contributed by atoms with van der Waals surface area (Å²) in [7, 11) is 0. The van der Waals surface area contributed by atoms with Crippen LogP contribution < -0.4 is 0 Å². The van der Waals surface area contributed by atoms with E-state index in [0.29, 0.717) is 26.3 Å². The molecule has 1 aromatic carbocycles. The molecule has 6 heteroatoms. The van der Waals surface area contributed by atoms with Gasteiger partial charge in [-0.2, -0.15) is 0 Å². The molecule has 0 aliphatic rings. The lowest BCUT2D eigenvalue weighted by atomic mass is 10.1. The van der Waals surface area contributed by atoms with E-state index >= 15 is 0 Å². The number of benzene rings is 1. The largest absolute Gasteiger partial charge is 0.478 e. The zero-order valence-electron chi connectivity index (χ0n) is 8.82. The number of carboxylic acid groups (broad SMARTS) is 1. The van der Waals surface area contributed by atoms with Crippen LogP contribution in [-0.2, 0) is 0 Å². The summed E-state index contributed by atoms with van der Waals surface area (Å²) in [5, 5.41) is 10.0. The molecule has 0 bridgehead atoms. The predicted molar refractivity (Wildman–Crippen MR) is 71.7 cm³/mol. The standard InChI is InChI=1S/C12H6Cl3NO2/c13-7-4-10(15)11(16-5-7)8-3-6(12(17)18)1-2-9(8)14/h1-5H,(H,17,18). The number of carboxylic acids is 1. The Labute approximate surface area is 118 Å². The van der Waals surface area contributed by atoms with Crippen molar-refractivity contribution in [3.63, 3.8) is 0 Å². The SMILES string of the molecule is O=C(O)c1ccc(Cl)c(-c2ncc(Cl)cc2Cl)c1. The molecule has 18 heavy (non-hydrogen) atoms. The molecule has 0 radical (unpaired) electrons. The normalized spacial score (nSPS) is 10.4. The van der Waals surface area contributed by atoms with Crippen LogP contribution >= 0.6 is 34.8 Å². The van der Waals surface area contributed by atoms with Crippen LogP contribution in [0.2, 0.25) is 15.1 Å². The van der Waals surface area contributed by atoms with Crippen molar-refractivity contribution in [3.05, 3.63) is 51.1 Å². The van der Waals surface area contributed by atoms with Gasteiger partial charge in [-0.1, -0.05) is 34.8 Å². The van der Waals surface area contributed by atoms with E-state index in [2.05, 4.69) is 4.98 Å². The van der Waals surface area contributed by atoms with Gasteiger partial charge in [0.05, 0.1) is 26.3 Å². The maximum Gasteiger partial charge on any atom is 0.335 e. The van der Waals surface area contributed by atoms with E-state index in [4.69, 9.17) is 39.9 Å². The first kappa shape index (κ1) is 13.1. The molecule has 2 rings (SSSR count). The van der Waals surface area contributed by atoms with E-state index in [9.17, 15) is 4.79 Å². The van der Waals surface area contributed by atoms with Crippen molar-refractivity contribution in [1.82, 2.24) is 4.98 Å². The molecule has 0 spiro atoms. The third-order valence-corrected chi connectivity index (χ3v) is 3.10. The minimum absolute atomic E-state index is 0.113. The lowest BCUT2D eigenvalue weighted by molar-refractivity contribution is 0.0697. The number of halogens is 3. The summed E-state index contributed by atoms with van der Waals surface area (Å²) in [4.78, 5) is 15.0. The number of carbonyl (C=O) groups is 1. The molecule has 0 atom stereocenters. The Bertz CT molecular complexity index is 629. The van der Waals surface area contributed by atoms with Gasteiger partial charge in [-0.3, -0.25) is 4.98 Å². The average Bonchev–Trinajstić information content (AvgIpc) is 2.30. The zero-order valence-corrected chi connectivity index (χ0v) is 11.1. The zero-order chi connectivity index (χ0) is 13.3. The van der Waals surface area contributed by atoms with E-state index in [1.165, 1.54) is 30.5 Å². The second-order valence-electron chi connectivity index (χ2n) is 3.48. The smallest absolute Gasteiger partial charge is 0.335 e. The lowest BCUT2D eigenvalue weighted by Gasteiger charge is -2.07. The summed E-state index contributed by atoms with van der Waals surface area (Å²) < 4.78 is 0. The molecule has 0 fully saturated rings. The molecule has 0 unspecified atom stereocenters. The van der Waals surface area contributed by atoms with Gasteiger partial charge in [0.1, 0.15) is 0 Å². The first-order valence-corrected chi connectivity index (χ1v) is 5.96. The van der Waals surface area contributed by atoms with Crippen molar-refractivity contribution in [2.75, 3.05) is 0 Å². The highest BCUT2D eigenvalue weighted by atomic mass is 35.5. The van der Waals surface area contributed by atoms with E-state index in [0.717, 1.165) is 0 Å². The maximum absolute atomic E-state index is 10.9. The summed E-state index contributed by atoms with van der Waals surface area (Å²) in [6, 6.07) is 5.85. The minimum Gasteiger partial charge on any atom is -0.478 e. The van der Waals surface area contributed by atoms with Crippen LogP contribution in [0, 0.1) is 0 Å². The molecular formula is C12H6Cl3NO2. The molecule has 0 saturated heterocycles. The lowest BCUT2D eigenvalue weighted by Crippen LogP contribution is -1.97. The van der Waals surface area contributed by atoms with Gasteiger partial charge >= 0.3 is 5.97 Å². The highest BCUT2D eigenvalue weighted by Crippen LogP contribution is 2.33. The molecule has 0 aliphatic heterocycles. The second-order valence-corrected chi connectivity index (χ2v) is 4.73. The minimum atomic E-state index is -1.04. The first-order chi connectivity index (χ1) is 8.49. The van der Waals surface area contributed by atoms with Crippen molar-refractivity contribution in [2.24, 2.45) is 0 Å². The van der Waals surface area contributed by atoms with Gasteiger partial charge in [0, 0.05) is 11.8 Å². The highest BCUT2D eigenvalue weighted by Gasteiger charge is 2.13. The van der Waals surface area contributed by atoms with Crippen LogP contribution in [0.4, 0.5) is 0 Å². The third-order valence-electron chi connectivity index (χ3n) is 2.28. The summed E-state index contributed by atoms with van der Waals surface area (Å²) in [5.74, 6) is -1.04. The van der Waals surface area contributed by atoms with E-state index in [1.807, 2.05) is 0 Å². The summed E-state index contributed by atoms with van der Waals surface area (Å²) in [6.07, 6.45) is 1.42.